The van der Waals surface area contributed by atoms with Crippen molar-refractivity contribution < 1.29 is 39.9 Å². The third-order valence-electron chi connectivity index (χ3n) is 4.66. The van der Waals surface area contributed by atoms with Crippen LogP contribution in [0.4, 0.5) is 40.8 Å². The van der Waals surface area contributed by atoms with E-state index in [4.69, 9.17) is 5.26 Å². The monoisotopic (exact) mass is 462 g/mol. The van der Waals surface area contributed by atoms with Gasteiger partial charge in [0.15, 0.2) is 23.3 Å². The number of carbonyl (C=O) groups excluding carboxylic acids is 1. The number of rotatable bonds is 3. The molecule has 1 atom stereocenters. The largest absolute Gasteiger partial charge is 0.417 e. The molecular weight excluding hydrogens is 452 g/mol. The number of anilines is 1. The molecule has 1 aliphatic heterocycles. The van der Waals surface area contributed by atoms with Crippen molar-refractivity contribution in [2.24, 2.45) is 5.10 Å². The lowest BCUT2D eigenvalue weighted by atomic mass is 9.92. The number of amides is 1. The molecule has 13 heteroatoms. The van der Waals surface area contributed by atoms with Crippen LogP contribution in [0.15, 0.2) is 23.3 Å². The Morgan fingerprint density at radius 2 is 1.66 bits per heavy atom. The van der Waals surface area contributed by atoms with E-state index >= 15 is 0 Å². The van der Waals surface area contributed by atoms with Gasteiger partial charge in [-0.25, -0.2) is 22.0 Å². The normalized spacial score (nSPS) is 18.1. The standard InChI is InChI=1S/C19H10F8N4O/c1-18(17(32)29-8-3-2-7(6-28)9(4-8)19(25,26)27)5-10(30-31-18)11-12(20)14(22)16(24)15(23)13(11)21/h2-4,31H,5H2,1H3,(H,29,32). The molecule has 2 N–H and O–H groups in total. The van der Waals surface area contributed by atoms with Gasteiger partial charge in [0.1, 0.15) is 5.54 Å². The van der Waals surface area contributed by atoms with E-state index in [0.29, 0.717) is 6.07 Å². The second-order valence-corrected chi connectivity index (χ2v) is 6.95. The zero-order valence-electron chi connectivity index (χ0n) is 15.8. The quantitative estimate of drug-likeness (QED) is 0.404. The van der Waals surface area contributed by atoms with Crippen LogP contribution in [0.2, 0.25) is 0 Å². The Hall–Kier alpha value is -3.69. The molecule has 0 radical (unpaired) electrons. The number of nitrogens with one attached hydrogen (secondary N) is 2. The molecule has 2 aromatic rings. The Bertz CT molecular complexity index is 1170. The molecule has 1 aliphatic rings. The van der Waals surface area contributed by atoms with E-state index in [-0.39, 0.29) is 5.69 Å². The fourth-order valence-electron chi connectivity index (χ4n) is 2.96. The SMILES string of the molecule is CC1(C(=O)Nc2ccc(C#N)c(C(F)(F)F)c2)CC(c2c(F)c(F)c(F)c(F)c2F)=NN1. The van der Waals surface area contributed by atoms with Crippen molar-refractivity contribution in [2.45, 2.75) is 25.1 Å². The van der Waals surface area contributed by atoms with Crippen molar-refractivity contribution in [3.05, 3.63) is 64.0 Å². The lowest BCUT2D eigenvalue weighted by Crippen LogP contribution is -2.47. The highest BCUT2D eigenvalue weighted by Crippen LogP contribution is 2.34. The third kappa shape index (κ3) is 3.83. The fraction of sp³-hybridized carbons (Fsp3) is 0.211. The minimum Gasteiger partial charge on any atom is -0.324 e. The van der Waals surface area contributed by atoms with Crippen molar-refractivity contribution in [3.8, 4) is 6.07 Å². The first-order chi connectivity index (χ1) is 14.8. The summed E-state index contributed by atoms with van der Waals surface area (Å²) in [7, 11) is 0. The molecule has 0 saturated heterocycles. The maximum absolute atomic E-state index is 14.0. The Kier molecular flexibility index (Phi) is 5.58. The lowest BCUT2D eigenvalue weighted by molar-refractivity contribution is -0.137. The van der Waals surface area contributed by atoms with Crippen LogP contribution in [-0.4, -0.2) is 17.2 Å². The van der Waals surface area contributed by atoms with E-state index in [1.165, 1.54) is 6.07 Å². The number of halogens is 8. The van der Waals surface area contributed by atoms with Crippen LogP contribution in [-0.2, 0) is 11.0 Å². The van der Waals surface area contributed by atoms with Gasteiger partial charge in [0, 0.05) is 12.1 Å². The van der Waals surface area contributed by atoms with Crippen LogP contribution in [0.1, 0.15) is 30.0 Å². The van der Waals surface area contributed by atoms with Crippen molar-refractivity contribution in [1.29, 1.82) is 5.26 Å². The molecule has 0 bridgehead atoms. The molecule has 0 saturated carbocycles. The van der Waals surface area contributed by atoms with Gasteiger partial charge in [-0.15, -0.1) is 0 Å². The molecule has 1 heterocycles. The van der Waals surface area contributed by atoms with E-state index in [9.17, 15) is 39.9 Å². The number of alkyl halides is 3. The molecule has 3 rings (SSSR count). The van der Waals surface area contributed by atoms with E-state index in [1.807, 2.05) is 0 Å². The zero-order chi connectivity index (χ0) is 24.0. The highest BCUT2D eigenvalue weighted by Gasteiger charge is 2.42. The molecule has 0 fully saturated rings. The Morgan fingerprint density at radius 3 is 2.19 bits per heavy atom. The van der Waals surface area contributed by atoms with Gasteiger partial charge >= 0.3 is 6.18 Å². The second-order valence-electron chi connectivity index (χ2n) is 6.95. The van der Waals surface area contributed by atoms with Crippen molar-refractivity contribution in [1.82, 2.24) is 5.43 Å². The summed E-state index contributed by atoms with van der Waals surface area (Å²) in [4.78, 5) is 12.6. The number of benzene rings is 2. The summed E-state index contributed by atoms with van der Waals surface area (Å²) in [5.74, 6) is -12.1. The van der Waals surface area contributed by atoms with Gasteiger partial charge in [-0.3, -0.25) is 10.2 Å². The maximum atomic E-state index is 14.0. The maximum Gasteiger partial charge on any atom is 0.417 e. The predicted octanol–water partition coefficient (Wildman–Crippen LogP) is 4.37. The van der Waals surface area contributed by atoms with Gasteiger partial charge in [0.25, 0.3) is 5.91 Å². The first-order valence-electron chi connectivity index (χ1n) is 8.58. The summed E-state index contributed by atoms with van der Waals surface area (Å²) in [6.45, 7) is 1.15. The predicted molar refractivity (Wildman–Crippen MR) is 93.7 cm³/mol. The number of carbonyl (C=O) groups is 1. The first kappa shape index (κ1) is 23.0. The van der Waals surface area contributed by atoms with Gasteiger partial charge in [-0.05, 0) is 25.1 Å². The highest BCUT2D eigenvalue weighted by atomic mass is 19.4. The molecule has 2 aromatic carbocycles. The molecule has 0 aliphatic carbocycles. The summed E-state index contributed by atoms with van der Waals surface area (Å²) in [6.07, 6.45) is -5.54. The Morgan fingerprint density at radius 1 is 1.09 bits per heavy atom. The van der Waals surface area contributed by atoms with Gasteiger partial charge in [0.2, 0.25) is 5.82 Å². The fourth-order valence-corrected chi connectivity index (χ4v) is 2.96. The Labute approximate surface area is 174 Å². The number of hydrogen-bond donors (Lipinski definition) is 2. The number of hydrazone groups is 1. The van der Waals surface area contributed by atoms with Crippen molar-refractivity contribution in [2.75, 3.05) is 5.32 Å². The molecule has 0 aromatic heterocycles. The summed E-state index contributed by atoms with van der Waals surface area (Å²) < 4.78 is 107. The zero-order valence-corrected chi connectivity index (χ0v) is 15.8. The minimum atomic E-state index is -4.89. The van der Waals surface area contributed by atoms with Crippen LogP contribution in [0.3, 0.4) is 0 Å². The van der Waals surface area contributed by atoms with Crippen LogP contribution in [0.25, 0.3) is 0 Å². The molecule has 1 unspecified atom stereocenters. The molecule has 0 spiro atoms. The van der Waals surface area contributed by atoms with Gasteiger partial charge < -0.3 is 5.32 Å². The van der Waals surface area contributed by atoms with Crippen LogP contribution in [0, 0.1) is 40.4 Å². The van der Waals surface area contributed by atoms with Gasteiger partial charge in [-0.1, -0.05) is 0 Å². The summed E-state index contributed by atoms with van der Waals surface area (Å²) in [5, 5.41) is 14.4. The topological polar surface area (TPSA) is 77.3 Å². The van der Waals surface area contributed by atoms with Crippen LogP contribution >= 0.6 is 0 Å². The van der Waals surface area contributed by atoms with E-state index in [0.717, 1.165) is 19.1 Å². The first-order valence-corrected chi connectivity index (χ1v) is 8.58. The van der Waals surface area contributed by atoms with Crippen molar-refractivity contribution in [3.63, 3.8) is 0 Å². The average molecular weight is 462 g/mol. The second kappa shape index (κ2) is 7.77. The summed E-state index contributed by atoms with van der Waals surface area (Å²) in [6, 6.07) is 3.74. The Balaban J connectivity index is 1.87. The highest BCUT2D eigenvalue weighted by molar-refractivity contribution is 6.09. The van der Waals surface area contributed by atoms with Gasteiger partial charge in [0.05, 0.1) is 28.5 Å². The van der Waals surface area contributed by atoms with Crippen LogP contribution < -0.4 is 10.7 Å². The third-order valence-corrected chi connectivity index (χ3v) is 4.66. The molecule has 5 nitrogen and oxygen atoms in total. The summed E-state index contributed by atoms with van der Waals surface area (Å²) >= 11 is 0. The van der Waals surface area contributed by atoms with Crippen molar-refractivity contribution >= 4 is 17.3 Å². The number of hydrogen-bond acceptors (Lipinski definition) is 4. The number of nitrogens with zero attached hydrogens (tertiary/aromatic N) is 2. The molecule has 32 heavy (non-hydrogen) atoms. The molecule has 1 amide bonds. The van der Waals surface area contributed by atoms with Crippen LogP contribution in [0.5, 0.6) is 0 Å². The molecule has 168 valence electrons. The van der Waals surface area contributed by atoms with Gasteiger partial charge in [-0.2, -0.15) is 23.5 Å². The smallest absolute Gasteiger partial charge is 0.324 e. The van der Waals surface area contributed by atoms with E-state index < -0.39 is 75.5 Å². The average Bonchev–Trinajstić information content (AvgIpc) is 3.13. The summed E-state index contributed by atoms with van der Waals surface area (Å²) in [5.41, 5.74) is -3.93. The lowest BCUT2D eigenvalue weighted by Gasteiger charge is -2.23. The minimum absolute atomic E-state index is 0.353. The number of nitriles is 1. The molecular formula is C19H10F8N4O. The van der Waals surface area contributed by atoms with E-state index in [1.54, 1.807) is 0 Å². The van der Waals surface area contributed by atoms with E-state index in [2.05, 4.69) is 15.8 Å².